The van der Waals surface area contributed by atoms with Crippen LogP contribution in [-0.2, 0) is 24.1 Å². The number of halogens is 1. The summed E-state index contributed by atoms with van der Waals surface area (Å²) in [6.07, 6.45) is 1.85. The lowest BCUT2D eigenvalue weighted by Crippen LogP contribution is -2.23. The Hall–Kier alpha value is -0.950. The molecule has 0 saturated carbocycles. The van der Waals surface area contributed by atoms with E-state index in [9.17, 15) is 0 Å². The number of alkyl halides is 1. The maximum atomic E-state index is 4.13. The van der Waals surface area contributed by atoms with Crippen LogP contribution in [0.15, 0.2) is 30.5 Å². The Morgan fingerprint density at radius 1 is 1.11 bits per heavy atom. The van der Waals surface area contributed by atoms with Gasteiger partial charge in [-0.15, -0.1) is 5.10 Å². The van der Waals surface area contributed by atoms with Gasteiger partial charge in [-0.1, -0.05) is 52.1 Å². The molecule has 0 spiro atoms. The minimum absolute atomic E-state index is 0.923. The number of aromatic nitrogens is 3. The molecule has 4 nitrogen and oxygen atoms in total. The summed E-state index contributed by atoms with van der Waals surface area (Å²) >= 11 is 2.35. The van der Waals surface area contributed by atoms with Crippen molar-refractivity contribution in [3.8, 4) is 0 Å². The first-order valence-electron chi connectivity index (χ1n) is 6.09. The summed E-state index contributed by atoms with van der Waals surface area (Å²) in [5.74, 6) is 0. The third-order valence-electron chi connectivity index (χ3n) is 3.37. The van der Waals surface area contributed by atoms with Crippen LogP contribution in [0.2, 0.25) is 0 Å². The van der Waals surface area contributed by atoms with Gasteiger partial charge in [-0.2, -0.15) is 0 Å². The number of rotatable bonds is 4. The number of fused-ring (bicyclic) bond motifs is 1. The summed E-state index contributed by atoms with van der Waals surface area (Å²) in [6.45, 7) is 4.07. The minimum atomic E-state index is 0.923. The molecule has 0 radical (unpaired) electrons. The fourth-order valence-electron chi connectivity index (χ4n) is 2.37. The lowest BCUT2D eigenvalue weighted by Gasteiger charge is -2.14. The highest BCUT2D eigenvalue weighted by molar-refractivity contribution is 14.1. The number of hydrogen-bond donors (Lipinski definition) is 0. The third kappa shape index (κ3) is 2.42. The van der Waals surface area contributed by atoms with Crippen molar-refractivity contribution in [2.75, 3.05) is 6.54 Å². The molecule has 0 bridgehead atoms. The SMILES string of the molecule is ICc1cnnn1CCN1Cc2ccccc2C1. The van der Waals surface area contributed by atoms with E-state index in [-0.39, 0.29) is 0 Å². The van der Waals surface area contributed by atoms with Gasteiger partial charge in [-0.3, -0.25) is 4.90 Å². The van der Waals surface area contributed by atoms with Crippen molar-refractivity contribution in [2.24, 2.45) is 0 Å². The number of benzene rings is 1. The molecule has 1 aromatic carbocycles. The fraction of sp³-hybridized carbons (Fsp3) is 0.385. The van der Waals surface area contributed by atoms with Crippen molar-refractivity contribution in [3.63, 3.8) is 0 Å². The summed E-state index contributed by atoms with van der Waals surface area (Å²) in [4.78, 5) is 2.46. The second-order valence-electron chi connectivity index (χ2n) is 4.56. The van der Waals surface area contributed by atoms with Gasteiger partial charge in [-0.25, -0.2) is 4.68 Å². The van der Waals surface area contributed by atoms with Crippen molar-refractivity contribution in [3.05, 3.63) is 47.3 Å². The highest BCUT2D eigenvalue weighted by Crippen LogP contribution is 2.21. The number of nitrogens with zero attached hydrogens (tertiary/aromatic N) is 4. The smallest absolute Gasteiger partial charge is 0.0733 e. The molecule has 0 aliphatic carbocycles. The van der Waals surface area contributed by atoms with Gasteiger partial charge in [0.25, 0.3) is 0 Å². The molecule has 0 saturated heterocycles. The summed E-state index contributed by atoms with van der Waals surface area (Å²) in [5, 5.41) is 8.10. The predicted molar refractivity (Wildman–Crippen MR) is 78.3 cm³/mol. The Bertz CT molecular complexity index is 512. The first kappa shape index (κ1) is 12.1. The van der Waals surface area contributed by atoms with Gasteiger partial charge in [0.2, 0.25) is 0 Å². The van der Waals surface area contributed by atoms with Gasteiger partial charge in [-0.05, 0) is 11.1 Å². The Kier molecular flexibility index (Phi) is 3.60. The molecule has 5 heteroatoms. The standard InChI is InChI=1S/C13H15IN4/c14-7-13-8-15-16-18(13)6-5-17-9-11-3-1-2-4-12(11)10-17/h1-4,8H,5-7,9-10H2. The van der Waals surface area contributed by atoms with Crippen LogP contribution in [-0.4, -0.2) is 26.4 Å². The molecule has 94 valence electrons. The van der Waals surface area contributed by atoms with Crippen molar-refractivity contribution in [1.29, 1.82) is 0 Å². The van der Waals surface area contributed by atoms with E-state index in [1.807, 2.05) is 10.9 Å². The molecule has 1 aromatic heterocycles. The van der Waals surface area contributed by atoms with Crippen molar-refractivity contribution >= 4 is 22.6 Å². The van der Waals surface area contributed by atoms with Crippen molar-refractivity contribution in [2.45, 2.75) is 24.1 Å². The Labute approximate surface area is 120 Å². The normalized spacial score (nSPS) is 14.9. The fourth-order valence-corrected chi connectivity index (χ4v) is 2.96. The summed E-state index contributed by atoms with van der Waals surface area (Å²) < 4.78 is 2.97. The first-order chi connectivity index (χ1) is 8.86. The molecule has 1 aliphatic heterocycles. The lowest BCUT2D eigenvalue weighted by atomic mass is 10.1. The van der Waals surface area contributed by atoms with Crippen LogP contribution < -0.4 is 0 Å². The maximum absolute atomic E-state index is 4.13. The molecule has 0 unspecified atom stereocenters. The molecule has 0 amide bonds. The second-order valence-corrected chi connectivity index (χ2v) is 5.32. The molecule has 0 N–H and O–H groups in total. The van der Waals surface area contributed by atoms with Crippen LogP contribution in [0.3, 0.4) is 0 Å². The minimum Gasteiger partial charge on any atom is -0.293 e. The molecule has 1 aliphatic rings. The second kappa shape index (κ2) is 5.36. The molecule has 2 aromatic rings. The van der Waals surface area contributed by atoms with Gasteiger partial charge in [0, 0.05) is 24.1 Å². The van der Waals surface area contributed by atoms with E-state index in [2.05, 4.69) is 62.1 Å². The molecule has 18 heavy (non-hydrogen) atoms. The van der Waals surface area contributed by atoms with Gasteiger partial charge in [0.15, 0.2) is 0 Å². The quantitative estimate of drug-likeness (QED) is 0.624. The van der Waals surface area contributed by atoms with Crippen molar-refractivity contribution in [1.82, 2.24) is 19.9 Å². The van der Waals surface area contributed by atoms with Crippen LogP contribution in [0, 0.1) is 0 Å². The Balaban J connectivity index is 1.60. The molecular weight excluding hydrogens is 339 g/mol. The monoisotopic (exact) mass is 354 g/mol. The van der Waals surface area contributed by atoms with Gasteiger partial charge in [0.1, 0.15) is 0 Å². The molecule has 0 fully saturated rings. The largest absolute Gasteiger partial charge is 0.293 e. The summed E-state index contributed by atoms with van der Waals surface area (Å²) in [5.41, 5.74) is 4.13. The zero-order valence-corrected chi connectivity index (χ0v) is 12.2. The van der Waals surface area contributed by atoms with Crippen LogP contribution in [0.25, 0.3) is 0 Å². The van der Waals surface area contributed by atoms with Crippen molar-refractivity contribution < 1.29 is 0 Å². The average molecular weight is 354 g/mol. The summed E-state index contributed by atoms with van der Waals surface area (Å²) in [7, 11) is 0. The van der Waals surface area contributed by atoms with Crippen LogP contribution in [0.4, 0.5) is 0 Å². The third-order valence-corrected chi connectivity index (χ3v) is 4.15. The van der Waals surface area contributed by atoms with E-state index in [0.717, 1.165) is 30.6 Å². The van der Waals surface area contributed by atoms with E-state index in [1.54, 1.807) is 0 Å². The van der Waals surface area contributed by atoms with E-state index < -0.39 is 0 Å². The maximum Gasteiger partial charge on any atom is 0.0733 e. The molecular formula is C13H15IN4. The predicted octanol–water partition coefficient (Wildman–Crippen LogP) is 2.23. The first-order valence-corrected chi connectivity index (χ1v) is 7.62. The van der Waals surface area contributed by atoms with Crippen LogP contribution in [0.5, 0.6) is 0 Å². The Morgan fingerprint density at radius 2 is 1.83 bits per heavy atom. The van der Waals surface area contributed by atoms with Gasteiger partial charge in [0.05, 0.1) is 18.4 Å². The van der Waals surface area contributed by atoms with Gasteiger partial charge < -0.3 is 0 Å². The zero-order valence-electron chi connectivity index (χ0n) is 10.1. The molecule has 0 atom stereocenters. The Morgan fingerprint density at radius 3 is 2.50 bits per heavy atom. The average Bonchev–Trinajstić information content (AvgIpc) is 3.01. The van der Waals surface area contributed by atoms with Crippen LogP contribution >= 0.6 is 22.6 Å². The van der Waals surface area contributed by atoms with E-state index in [0.29, 0.717) is 0 Å². The molecule has 2 heterocycles. The topological polar surface area (TPSA) is 34.0 Å². The molecule has 3 rings (SSSR count). The number of hydrogen-bond acceptors (Lipinski definition) is 3. The highest BCUT2D eigenvalue weighted by atomic mass is 127. The van der Waals surface area contributed by atoms with E-state index in [4.69, 9.17) is 0 Å². The highest BCUT2D eigenvalue weighted by Gasteiger charge is 2.17. The van der Waals surface area contributed by atoms with Crippen LogP contribution in [0.1, 0.15) is 16.8 Å². The zero-order chi connectivity index (χ0) is 12.4. The summed E-state index contributed by atoms with van der Waals surface area (Å²) in [6, 6.07) is 8.68. The van der Waals surface area contributed by atoms with Gasteiger partial charge >= 0.3 is 0 Å². The van der Waals surface area contributed by atoms with E-state index >= 15 is 0 Å². The lowest BCUT2D eigenvalue weighted by molar-refractivity contribution is 0.265. The van der Waals surface area contributed by atoms with E-state index in [1.165, 1.54) is 16.8 Å².